The number of halogens is 2. The van der Waals surface area contributed by atoms with Crippen LogP contribution < -0.4 is 10.2 Å². The molecule has 0 aliphatic carbocycles. The van der Waals surface area contributed by atoms with E-state index in [0.717, 1.165) is 5.69 Å². The molecule has 4 nitrogen and oxygen atoms in total. The molecule has 24 heavy (non-hydrogen) atoms. The molecule has 124 valence electrons. The lowest BCUT2D eigenvalue weighted by Gasteiger charge is -2.17. The van der Waals surface area contributed by atoms with Gasteiger partial charge < -0.3 is 10.2 Å². The SMILES string of the molecule is O=C(NCc1cccc(F)c1)[C@@H]1CCN(c2ccc(Cl)cc2)C1=O. The van der Waals surface area contributed by atoms with Crippen LogP contribution in [0.4, 0.5) is 10.1 Å². The Hall–Kier alpha value is -2.40. The second kappa shape index (κ2) is 7.01. The van der Waals surface area contributed by atoms with E-state index in [1.807, 2.05) is 0 Å². The minimum absolute atomic E-state index is 0.196. The predicted molar refractivity (Wildman–Crippen MR) is 90.2 cm³/mol. The van der Waals surface area contributed by atoms with Gasteiger partial charge >= 0.3 is 0 Å². The molecule has 0 aromatic heterocycles. The van der Waals surface area contributed by atoms with Gasteiger partial charge in [-0.2, -0.15) is 0 Å². The molecule has 1 atom stereocenters. The van der Waals surface area contributed by atoms with E-state index in [4.69, 9.17) is 11.6 Å². The lowest BCUT2D eigenvalue weighted by molar-refractivity contribution is -0.132. The molecule has 2 amide bonds. The normalized spacial score (nSPS) is 17.2. The molecule has 0 spiro atoms. The van der Waals surface area contributed by atoms with Crippen molar-refractivity contribution in [1.29, 1.82) is 0 Å². The Labute approximate surface area is 144 Å². The maximum atomic E-state index is 13.1. The molecule has 1 fully saturated rings. The number of anilines is 1. The number of hydrogen-bond acceptors (Lipinski definition) is 2. The molecule has 1 N–H and O–H groups in total. The van der Waals surface area contributed by atoms with Gasteiger partial charge in [0.2, 0.25) is 11.8 Å². The molecule has 1 saturated heterocycles. The highest BCUT2D eigenvalue weighted by molar-refractivity contribution is 6.30. The standard InChI is InChI=1S/C18H16ClFN2O2/c19-13-4-6-15(7-5-13)22-9-8-16(18(22)24)17(23)21-11-12-2-1-3-14(20)10-12/h1-7,10,16H,8-9,11H2,(H,21,23)/t16-/m0/s1. The summed E-state index contributed by atoms with van der Waals surface area (Å²) < 4.78 is 13.1. The van der Waals surface area contributed by atoms with Crippen LogP contribution in [0.15, 0.2) is 48.5 Å². The summed E-state index contributed by atoms with van der Waals surface area (Å²) in [5, 5.41) is 3.30. The fourth-order valence-electron chi connectivity index (χ4n) is 2.76. The number of rotatable bonds is 4. The van der Waals surface area contributed by atoms with Gasteiger partial charge in [0.25, 0.3) is 0 Å². The maximum Gasteiger partial charge on any atom is 0.239 e. The summed E-state index contributed by atoms with van der Waals surface area (Å²) in [6.07, 6.45) is 0.455. The van der Waals surface area contributed by atoms with Crippen LogP contribution in [0.25, 0.3) is 0 Å². The molecule has 2 aromatic carbocycles. The minimum Gasteiger partial charge on any atom is -0.351 e. The zero-order valence-electron chi connectivity index (χ0n) is 12.8. The van der Waals surface area contributed by atoms with Gasteiger partial charge in [0, 0.05) is 23.8 Å². The number of benzene rings is 2. The third-order valence-electron chi connectivity index (χ3n) is 4.02. The molecule has 0 saturated carbocycles. The zero-order chi connectivity index (χ0) is 17.1. The molecule has 6 heteroatoms. The fraction of sp³-hybridized carbons (Fsp3) is 0.222. The molecule has 0 radical (unpaired) electrons. The summed E-state index contributed by atoms with van der Waals surface area (Å²) in [5.74, 6) is -1.63. The lowest BCUT2D eigenvalue weighted by Crippen LogP contribution is -2.36. The third kappa shape index (κ3) is 3.57. The topological polar surface area (TPSA) is 49.4 Å². The number of nitrogens with zero attached hydrogens (tertiary/aromatic N) is 1. The van der Waals surface area contributed by atoms with Crippen molar-refractivity contribution >= 4 is 29.1 Å². The van der Waals surface area contributed by atoms with E-state index in [9.17, 15) is 14.0 Å². The molecular weight excluding hydrogens is 331 g/mol. The second-order valence-corrected chi connectivity index (χ2v) is 6.09. The monoisotopic (exact) mass is 346 g/mol. The van der Waals surface area contributed by atoms with Gasteiger partial charge in [0.05, 0.1) is 0 Å². The number of nitrogens with one attached hydrogen (secondary N) is 1. The molecule has 0 unspecified atom stereocenters. The van der Waals surface area contributed by atoms with Crippen molar-refractivity contribution in [1.82, 2.24) is 5.32 Å². The van der Waals surface area contributed by atoms with Gasteiger partial charge in [-0.05, 0) is 48.4 Å². The van der Waals surface area contributed by atoms with Crippen molar-refractivity contribution in [2.75, 3.05) is 11.4 Å². The summed E-state index contributed by atoms with van der Waals surface area (Å²) >= 11 is 5.85. The highest BCUT2D eigenvalue weighted by Crippen LogP contribution is 2.26. The average molecular weight is 347 g/mol. The van der Waals surface area contributed by atoms with Crippen molar-refractivity contribution in [2.24, 2.45) is 5.92 Å². The van der Waals surface area contributed by atoms with Gasteiger partial charge in [-0.3, -0.25) is 9.59 Å². The first-order valence-electron chi connectivity index (χ1n) is 7.64. The minimum atomic E-state index is -0.714. The van der Waals surface area contributed by atoms with Crippen LogP contribution in [0, 0.1) is 11.7 Å². The predicted octanol–water partition coefficient (Wildman–Crippen LogP) is 3.15. The highest BCUT2D eigenvalue weighted by atomic mass is 35.5. The fourth-order valence-corrected chi connectivity index (χ4v) is 2.89. The number of amides is 2. The molecule has 1 aliphatic heterocycles. The van der Waals surface area contributed by atoms with Crippen LogP contribution in [0.3, 0.4) is 0 Å². The van der Waals surface area contributed by atoms with Crippen LogP contribution in [0.2, 0.25) is 5.02 Å². The van der Waals surface area contributed by atoms with Gasteiger partial charge in [0.15, 0.2) is 0 Å². The van der Waals surface area contributed by atoms with E-state index in [1.54, 1.807) is 41.3 Å². The van der Waals surface area contributed by atoms with Crippen molar-refractivity contribution < 1.29 is 14.0 Å². The van der Waals surface area contributed by atoms with Crippen molar-refractivity contribution in [3.05, 3.63) is 64.9 Å². The highest BCUT2D eigenvalue weighted by Gasteiger charge is 2.37. The maximum absolute atomic E-state index is 13.1. The third-order valence-corrected chi connectivity index (χ3v) is 4.27. The first-order valence-corrected chi connectivity index (χ1v) is 8.01. The molecular formula is C18H16ClFN2O2. The van der Waals surface area contributed by atoms with E-state index in [2.05, 4.69) is 5.32 Å². The van der Waals surface area contributed by atoms with Crippen LogP contribution >= 0.6 is 11.6 Å². The van der Waals surface area contributed by atoms with E-state index in [0.29, 0.717) is 23.6 Å². The molecule has 1 aliphatic rings. The summed E-state index contributed by atoms with van der Waals surface area (Å²) in [5.41, 5.74) is 1.38. The molecule has 2 aromatic rings. The van der Waals surface area contributed by atoms with Gasteiger partial charge in [-0.1, -0.05) is 23.7 Å². The quantitative estimate of drug-likeness (QED) is 0.865. The van der Waals surface area contributed by atoms with Crippen LogP contribution in [0.1, 0.15) is 12.0 Å². The molecule has 1 heterocycles. The second-order valence-electron chi connectivity index (χ2n) is 5.66. The number of carbonyl (C=O) groups excluding carboxylic acids is 2. The summed E-state index contributed by atoms with van der Waals surface area (Å²) in [4.78, 5) is 26.3. The Morgan fingerprint density at radius 1 is 1.25 bits per heavy atom. The zero-order valence-corrected chi connectivity index (χ0v) is 13.6. The van der Waals surface area contributed by atoms with Crippen molar-refractivity contribution in [3.63, 3.8) is 0 Å². The van der Waals surface area contributed by atoms with Crippen molar-refractivity contribution in [3.8, 4) is 0 Å². The first kappa shape index (κ1) is 16.5. The smallest absolute Gasteiger partial charge is 0.239 e. The first-order chi connectivity index (χ1) is 11.5. The number of carbonyl (C=O) groups is 2. The van der Waals surface area contributed by atoms with Crippen LogP contribution in [-0.2, 0) is 16.1 Å². The van der Waals surface area contributed by atoms with Gasteiger partial charge in [0.1, 0.15) is 11.7 Å². The van der Waals surface area contributed by atoms with Crippen LogP contribution in [0.5, 0.6) is 0 Å². The van der Waals surface area contributed by atoms with E-state index in [-0.39, 0.29) is 24.2 Å². The lowest BCUT2D eigenvalue weighted by atomic mass is 10.1. The summed E-state index contributed by atoms with van der Waals surface area (Å²) in [7, 11) is 0. The Bertz CT molecular complexity index is 764. The summed E-state index contributed by atoms with van der Waals surface area (Å²) in [6.45, 7) is 0.680. The summed E-state index contributed by atoms with van der Waals surface area (Å²) in [6, 6.07) is 12.9. The Kier molecular flexibility index (Phi) is 4.81. The van der Waals surface area contributed by atoms with Gasteiger partial charge in [-0.25, -0.2) is 4.39 Å². The molecule has 0 bridgehead atoms. The average Bonchev–Trinajstić information content (AvgIpc) is 2.95. The van der Waals surface area contributed by atoms with E-state index < -0.39 is 5.92 Å². The largest absolute Gasteiger partial charge is 0.351 e. The Balaban J connectivity index is 1.62. The van der Waals surface area contributed by atoms with Crippen LogP contribution in [-0.4, -0.2) is 18.4 Å². The van der Waals surface area contributed by atoms with Gasteiger partial charge in [-0.15, -0.1) is 0 Å². The molecule has 3 rings (SSSR count). The number of hydrogen-bond donors (Lipinski definition) is 1. The Morgan fingerprint density at radius 3 is 2.71 bits per heavy atom. The Morgan fingerprint density at radius 2 is 2.00 bits per heavy atom. The van der Waals surface area contributed by atoms with E-state index >= 15 is 0 Å². The van der Waals surface area contributed by atoms with E-state index in [1.165, 1.54) is 12.1 Å². The van der Waals surface area contributed by atoms with Crippen molar-refractivity contribution in [2.45, 2.75) is 13.0 Å².